The third-order valence-corrected chi connectivity index (χ3v) is 6.14. The lowest BCUT2D eigenvalue weighted by atomic mass is 10.00. The minimum absolute atomic E-state index is 0.376. The van der Waals surface area contributed by atoms with Crippen LogP contribution in [0.2, 0.25) is 0 Å². The van der Waals surface area contributed by atoms with Crippen LogP contribution in [0.15, 0.2) is 42.9 Å². The topological polar surface area (TPSA) is 97.8 Å². The highest BCUT2D eigenvalue weighted by atomic mass is 32.1. The summed E-state index contributed by atoms with van der Waals surface area (Å²) in [7, 11) is 0. The monoisotopic (exact) mass is 399 g/mol. The van der Waals surface area contributed by atoms with Crippen molar-refractivity contribution in [3.63, 3.8) is 0 Å². The van der Waals surface area contributed by atoms with Gasteiger partial charge in [0, 0.05) is 17.3 Å². The molecule has 1 atom stereocenters. The number of aliphatic hydroxyl groups is 1. The van der Waals surface area contributed by atoms with Gasteiger partial charge in [-0.1, -0.05) is 35.3 Å². The normalized spacial score (nSPS) is 17.7. The van der Waals surface area contributed by atoms with Gasteiger partial charge >= 0.3 is 0 Å². The van der Waals surface area contributed by atoms with Crippen LogP contribution in [0.4, 0.5) is 5.82 Å². The third-order valence-electron chi connectivity index (χ3n) is 5.14. The number of nitrogen functional groups attached to an aromatic ring is 1. The van der Waals surface area contributed by atoms with Gasteiger partial charge in [0.1, 0.15) is 21.7 Å². The molecule has 0 bridgehead atoms. The summed E-state index contributed by atoms with van der Waals surface area (Å²) in [5.41, 5.74) is 9.91. The van der Waals surface area contributed by atoms with Crippen LogP contribution in [0.1, 0.15) is 28.8 Å². The summed E-state index contributed by atoms with van der Waals surface area (Å²) in [5, 5.41) is 11.8. The first-order valence-corrected chi connectivity index (χ1v) is 10.0. The molecule has 0 amide bonds. The second-order valence-electron chi connectivity index (χ2n) is 7.08. The Morgan fingerprint density at radius 2 is 2.10 bits per heavy atom. The molecule has 3 heterocycles. The lowest BCUT2D eigenvalue weighted by Gasteiger charge is -2.15. The number of anilines is 1. The van der Waals surface area contributed by atoms with Crippen molar-refractivity contribution in [3.8, 4) is 22.4 Å². The van der Waals surface area contributed by atoms with Crippen LogP contribution in [-0.4, -0.2) is 25.0 Å². The van der Waals surface area contributed by atoms with Gasteiger partial charge in [-0.2, -0.15) is 0 Å². The van der Waals surface area contributed by atoms with E-state index in [4.69, 9.17) is 5.73 Å². The minimum atomic E-state index is -1.21. The molecule has 6 nitrogen and oxygen atoms in total. The van der Waals surface area contributed by atoms with Gasteiger partial charge in [-0.3, -0.25) is 4.98 Å². The molecule has 142 valence electrons. The Bertz CT molecular complexity index is 1320. The fraction of sp³-hybridized carbons (Fsp3) is 0.182. The van der Waals surface area contributed by atoms with Crippen molar-refractivity contribution >= 4 is 27.5 Å². The molecule has 1 aliphatic rings. The zero-order valence-corrected chi connectivity index (χ0v) is 16.5. The number of thiazole rings is 1. The molecule has 0 spiro atoms. The Hall–Kier alpha value is -3.34. The van der Waals surface area contributed by atoms with Gasteiger partial charge in [0.25, 0.3) is 0 Å². The lowest BCUT2D eigenvalue weighted by molar-refractivity contribution is 0.0982. The molecule has 0 unspecified atom stereocenters. The summed E-state index contributed by atoms with van der Waals surface area (Å²) in [6.07, 6.45) is 4.48. The number of nitrogens with two attached hydrogens (primary N) is 1. The number of fused-ring (bicyclic) bond motifs is 2. The molecule has 0 radical (unpaired) electrons. The van der Waals surface area contributed by atoms with E-state index < -0.39 is 5.60 Å². The quantitative estimate of drug-likeness (QED) is 0.477. The van der Waals surface area contributed by atoms with Crippen molar-refractivity contribution in [1.82, 2.24) is 19.9 Å². The zero-order valence-electron chi connectivity index (χ0n) is 15.7. The average Bonchev–Trinajstić information content (AvgIpc) is 3.31. The van der Waals surface area contributed by atoms with E-state index >= 15 is 0 Å². The summed E-state index contributed by atoms with van der Waals surface area (Å²) in [5.74, 6) is 6.56. The van der Waals surface area contributed by atoms with Crippen molar-refractivity contribution in [1.29, 1.82) is 0 Å². The van der Waals surface area contributed by atoms with E-state index in [1.54, 1.807) is 6.20 Å². The van der Waals surface area contributed by atoms with Crippen molar-refractivity contribution in [2.24, 2.45) is 0 Å². The summed E-state index contributed by atoms with van der Waals surface area (Å²) >= 11 is 1.47. The smallest absolute Gasteiger partial charge is 0.168 e. The Kier molecular flexibility index (Phi) is 4.05. The van der Waals surface area contributed by atoms with E-state index in [9.17, 15) is 5.11 Å². The highest BCUT2D eigenvalue weighted by molar-refractivity contribution is 7.21. The van der Waals surface area contributed by atoms with E-state index in [1.807, 2.05) is 37.3 Å². The molecule has 29 heavy (non-hydrogen) atoms. The van der Waals surface area contributed by atoms with Crippen LogP contribution in [0.25, 0.3) is 20.9 Å². The Morgan fingerprint density at radius 1 is 1.21 bits per heavy atom. The van der Waals surface area contributed by atoms with Gasteiger partial charge in [0.05, 0.1) is 5.69 Å². The number of rotatable bonds is 1. The molecule has 4 aromatic rings. The van der Waals surface area contributed by atoms with Crippen LogP contribution < -0.4 is 5.73 Å². The van der Waals surface area contributed by atoms with E-state index in [0.717, 1.165) is 38.5 Å². The van der Waals surface area contributed by atoms with Crippen LogP contribution in [0.5, 0.6) is 0 Å². The van der Waals surface area contributed by atoms with Gasteiger partial charge in [-0.15, -0.1) is 0 Å². The Labute approximate surface area is 171 Å². The first kappa shape index (κ1) is 17.7. The molecule has 7 heteroatoms. The maximum absolute atomic E-state index is 11.0. The molecule has 3 aromatic heterocycles. The molecule has 3 N–H and O–H groups in total. The summed E-state index contributed by atoms with van der Waals surface area (Å²) in [4.78, 5) is 18.0. The zero-order chi connectivity index (χ0) is 20.0. The largest absolute Gasteiger partial charge is 0.382 e. The summed E-state index contributed by atoms with van der Waals surface area (Å²) in [6.45, 7) is 2.03. The molecule has 5 rings (SSSR count). The molecule has 0 fully saturated rings. The van der Waals surface area contributed by atoms with Gasteiger partial charge < -0.3 is 10.8 Å². The molecular formula is C22H17N5OS. The fourth-order valence-corrected chi connectivity index (χ4v) is 4.56. The number of aromatic nitrogens is 4. The fourth-order valence-electron chi connectivity index (χ4n) is 3.56. The van der Waals surface area contributed by atoms with Gasteiger partial charge in [0.15, 0.2) is 11.4 Å². The highest BCUT2D eigenvalue weighted by Gasteiger charge is 2.36. The van der Waals surface area contributed by atoms with Crippen LogP contribution in [0, 0.1) is 18.8 Å². The van der Waals surface area contributed by atoms with E-state index in [2.05, 4.69) is 31.8 Å². The van der Waals surface area contributed by atoms with E-state index in [1.165, 1.54) is 17.7 Å². The number of nitrogens with zero attached hydrogens (tertiary/aromatic N) is 4. The maximum Gasteiger partial charge on any atom is 0.168 e. The second-order valence-corrected chi connectivity index (χ2v) is 8.06. The SMILES string of the molecule is Cc1ccc(C#C[C@]2(O)CCc3cccnc32)cc1-c1nc2c(N)ncnc2s1. The van der Waals surface area contributed by atoms with Crippen LogP contribution in [-0.2, 0) is 12.0 Å². The Morgan fingerprint density at radius 3 is 2.97 bits per heavy atom. The number of hydrogen-bond donors (Lipinski definition) is 2. The third kappa shape index (κ3) is 3.03. The van der Waals surface area contributed by atoms with Gasteiger partial charge in [0.2, 0.25) is 0 Å². The summed E-state index contributed by atoms with van der Waals surface area (Å²) < 4.78 is 0. The molecule has 1 aromatic carbocycles. The number of benzene rings is 1. The average molecular weight is 399 g/mol. The number of pyridine rings is 1. The predicted molar refractivity (Wildman–Crippen MR) is 113 cm³/mol. The molecule has 0 saturated carbocycles. The molecule has 0 aliphatic heterocycles. The lowest BCUT2D eigenvalue weighted by Crippen LogP contribution is -2.20. The van der Waals surface area contributed by atoms with E-state index in [-0.39, 0.29) is 0 Å². The van der Waals surface area contributed by atoms with Crippen LogP contribution >= 0.6 is 11.3 Å². The molecule has 1 aliphatic carbocycles. The number of hydrogen-bond acceptors (Lipinski definition) is 7. The molecule has 0 saturated heterocycles. The highest BCUT2D eigenvalue weighted by Crippen LogP contribution is 2.35. The molecular weight excluding hydrogens is 382 g/mol. The summed E-state index contributed by atoms with van der Waals surface area (Å²) in [6, 6.07) is 9.82. The minimum Gasteiger partial charge on any atom is -0.382 e. The van der Waals surface area contributed by atoms with Gasteiger partial charge in [-0.05, 0) is 49.1 Å². The van der Waals surface area contributed by atoms with Crippen molar-refractivity contribution in [2.75, 3.05) is 5.73 Å². The van der Waals surface area contributed by atoms with Crippen molar-refractivity contribution < 1.29 is 5.11 Å². The first-order chi connectivity index (χ1) is 14.0. The van der Waals surface area contributed by atoms with Crippen molar-refractivity contribution in [2.45, 2.75) is 25.4 Å². The Balaban J connectivity index is 1.54. The standard InChI is InChI=1S/C22H17N5OS/c1-13-4-5-14(6-8-22(28)9-7-15-3-2-10-24-18(15)22)11-16(13)20-27-17-19(23)25-12-26-21(17)29-20/h2-5,10-12,28H,7,9H2,1H3,(H2,23,25,26)/t22-/m0/s1. The number of aryl methyl sites for hydroxylation is 2. The van der Waals surface area contributed by atoms with Gasteiger partial charge in [-0.25, -0.2) is 15.0 Å². The van der Waals surface area contributed by atoms with Crippen LogP contribution in [0.3, 0.4) is 0 Å². The van der Waals surface area contributed by atoms with Crippen molar-refractivity contribution in [3.05, 3.63) is 65.2 Å². The van der Waals surface area contributed by atoms with E-state index in [0.29, 0.717) is 23.4 Å². The predicted octanol–water partition coefficient (Wildman–Crippen LogP) is 3.22. The second kappa shape index (κ2) is 6.62. The first-order valence-electron chi connectivity index (χ1n) is 9.21. The maximum atomic E-state index is 11.0.